The second-order valence-electron chi connectivity index (χ2n) is 8.83. The summed E-state index contributed by atoms with van der Waals surface area (Å²) < 4.78 is 11.2. The maximum Gasteiger partial charge on any atom is 0.253 e. The predicted molar refractivity (Wildman–Crippen MR) is 148 cm³/mol. The summed E-state index contributed by atoms with van der Waals surface area (Å²) in [5.74, 6) is 0.0364. The number of halogens is 1. The highest BCUT2D eigenvalue weighted by atomic mass is 35.5. The molecule has 38 heavy (non-hydrogen) atoms. The molecule has 10 nitrogen and oxygen atoms in total. The van der Waals surface area contributed by atoms with Crippen molar-refractivity contribution in [2.24, 2.45) is 16.5 Å². The van der Waals surface area contributed by atoms with Gasteiger partial charge in [0, 0.05) is 70.8 Å². The topological polar surface area (TPSA) is 141 Å². The van der Waals surface area contributed by atoms with Gasteiger partial charge in [-0.2, -0.15) is 4.99 Å². The van der Waals surface area contributed by atoms with Gasteiger partial charge >= 0.3 is 0 Å². The Balaban J connectivity index is 0.00000507. The molecule has 0 bridgehead atoms. The summed E-state index contributed by atoms with van der Waals surface area (Å²) in [6, 6.07) is 13.2. The van der Waals surface area contributed by atoms with Crippen molar-refractivity contribution in [3.05, 3.63) is 53.6 Å². The van der Waals surface area contributed by atoms with Crippen LogP contribution in [0.25, 0.3) is 11.1 Å². The molecule has 0 saturated carbocycles. The van der Waals surface area contributed by atoms with Gasteiger partial charge in [-0.25, -0.2) is 0 Å². The Bertz CT molecular complexity index is 1130. The summed E-state index contributed by atoms with van der Waals surface area (Å²) in [4.78, 5) is 43.4. The fourth-order valence-electron chi connectivity index (χ4n) is 4.12. The van der Waals surface area contributed by atoms with Crippen LogP contribution in [-0.4, -0.2) is 80.0 Å². The van der Waals surface area contributed by atoms with Crippen LogP contribution in [0, 0.1) is 0 Å². The molecule has 0 aliphatic carbocycles. The Morgan fingerprint density at radius 1 is 0.947 bits per heavy atom. The predicted octanol–water partition coefficient (Wildman–Crippen LogP) is 2.23. The van der Waals surface area contributed by atoms with Crippen LogP contribution in [0.15, 0.2) is 47.5 Å². The Morgan fingerprint density at radius 3 is 2.21 bits per heavy atom. The molecule has 3 rings (SSSR count). The van der Waals surface area contributed by atoms with Crippen LogP contribution in [0.4, 0.5) is 0 Å². The number of ether oxygens (including phenoxy) is 2. The number of guanidine groups is 1. The molecule has 11 heteroatoms. The van der Waals surface area contributed by atoms with E-state index >= 15 is 0 Å². The van der Waals surface area contributed by atoms with Crippen LogP contribution in [0.5, 0.6) is 5.75 Å². The fourth-order valence-corrected chi connectivity index (χ4v) is 4.12. The first-order valence-electron chi connectivity index (χ1n) is 12.3. The quantitative estimate of drug-likeness (QED) is 0.265. The van der Waals surface area contributed by atoms with E-state index in [9.17, 15) is 14.4 Å². The first-order chi connectivity index (χ1) is 17.8. The van der Waals surface area contributed by atoms with Gasteiger partial charge in [0.2, 0.25) is 11.8 Å². The Hall–Kier alpha value is -3.63. The number of aliphatic imine (C=N–C) groups is 1. The number of rotatable bonds is 10. The van der Waals surface area contributed by atoms with E-state index < -0.39 is 0 Å². The van der Waals surface area contributed by atoms with E-state index in [4.69, 9.17) is 20.9 Å². The van der Waals surface area contributed by atoms with Crippen LogP contribution < -0.4 is 16.2 Å². The molecule has 206 valence electrons. The lowest BCUT2D eigenvalue weighted by atomic mass is 9.99. The number of nitrogens with two attached hydrogens (primary N) is 2. The molecule has 1 saturated heterocycles. The molecule has 4 N–H and O–H groups in total. The number of benzene rings is 2. The molecule has 0 unspecified atom stereocenters. The molecule has 1 heterocycles. The molecule has 0 spiro atoms. The summed E-state index contributed by atoms with van der Waals surface area (Å²) in [5.41, 5.74) is 13.9. The minimum absolute atomic E-state index is 0. The van der Waals surface area contributed by atoms with E-state index in [0.29, 0.717) is 57.1 Å². The zero-order valence-electron chi connectivity index (χ0n) is 21.9. The number of carbonyl (C=O) groups excluding carboxylic acids is 3. The zero-order chi connectivity index (χ0) is 26.8. The van der Waals surface area contributed by atoms with Crippen molar-refractivity contribution >= 4 is 36.1 Å². The summed E-state index contributed by atoms with van der Waals surface area (Å²) in [6.07, 6.45) is 1.37. The van der Waals surface area contributed by atoms with Crippen molar-refractivity contribution in [2.75, 3.05) is 46.5 Å². The van der Waals surface area contributed by atoms with Gasteiger partial charge in [0.1, 0.15) is 5.75 Å². The number of amides is 3. The molecule has 0 aromatic heterocycles. The van der Waals surface area contributed by atoms with Crippen molar-refractivity contribution in [2.45, 2.75) is 26.2 Å². The van der Waals surface area contributed by atoms with Crippen LogP contribution >= 0.6 is 12.4 Å². The summed E-state index contributed by atoms with van der Waals surface area (Å²) in [6.45, 7) is 4.74. The molecule has 1 aliphatic heterocycles. The number of hydrogen-bond acceptors (Lipinski definition) is 5. The lowest BCUT2D eigenvalue weighted by Gasteiger charge is -2.34. The number of carbonyl (C=O) groups is 3. The number of piperazine rings is 1. The van der Waals surface area contributed by atoms with Crippen molar-refractivity contribution in [3.8, 4) is 16.9 Å². The monoisotopic (exact) mass is 545 g/mol. The van der Waals surface area contributed by atoms with Gasteiger partial charge in [-0.1, -0.05) is 24.3 Å². The summed E-state index contributed by atoms with van der Waals surface area (Å²) in [5, 5.41) is 0. The zero-order valence-corrected chi connectivity index (χ0v) is 22.7. The third-order valence-corrected chi connectivity index (χ3v) is 6.13. The molecule has 0 atom stereocenters. The molecule has 1 fully saturated rings. The van der Waals surface area contributed by atoms with Crippen molar-refractivity contribution < 1.29 is 23.9 Å². The second kappa shape index (κ2) is 14.9. The average Bonchev–Trinajstić information content (AvgIpc) is 2.89. The normalized spacial score (nSPS) is 12.9. The van der Waals surface area contributed by atoms with E-state index in [1.165, 1.54) is 0 Å². The number of nitrogens with zero attached hydrogens (tertiary/aromatic N) is 3. The van der Waals surface area contributed by atoms with E-state index in [1.807, 2.05) is 42.5 Å². The maximum absolute atomic E-state index is 13.0. The molecule has 3 amide bonds. The lowest BCUT2D eigenvalue weighted by molar-refractivity contribution is -0.130. The van der Waals surface area contributed by atoms with Gasteiger partial charge < -0.3 is 30.7 Å². The van der Waals surface area contributed by atoms with Crippen LogP contribution in [0.3, 0.4) is 0 Å². The Labute approximate surface area is 229 Å². The van der Waals surface area contributed by atoms with Gasteiger partial charge in [0.25, 0.3) is 5.91 Å². The minimum atomic E-state index is -0.380. The molecule has 2 aromatic carbocycles. The summed E-state index contributed by atoms with van der Waals surface area (Å²) >= 11 is 0. The highest BCUT2D eigenvalue weighted by molar-refractivity contribution is 5.95. The summed E-state index contributed by atoms with van der Waals surface area (Å²) in [7, 11) is 1.64. The average molecular weight is 546 g/mol. The standard InChI is InChI=1S/C27H35N5O5.ClH/c1-19(33)31-12-14-32(15-13-31)26(35)22-8-6-21(7-9-22)23-10-4-20(5-11-25(34)30-27(28)29)18-24(23)37-17-3-16-36-2;/h4,6-10,18H,3,5,11-17H2,1-2H3,(H4,28,29,30,34);1H. The van der Waals surface area contributed by atoms with E-state index in [2.05, 4.69) is 4.99 Å². The van der Waals surface area contributed by atoms with E-state index in [1.54, 1.807) is 23.8 Å². The minimum Gasteiger partial charge on any atom is -0.493 e. The van der Waals surface area contributed by atoms with E-state index in [-0.39, 0.29) is 42.5 Å². The van der Waals surface area contributed by atoms with Crippen molar-refractivity contribution in [1.82, 2.24) is 9.80 Å². The Morgan fingerprint density at radius 2 is 1.61 bits per heavy atom. The van der Waals surface area contributed by atoms with Crippen LogP contribution in [0.1, 0.15) is 35.7 Å². The smallest absolute Gasteiger partial charge is 0.253 e. The lowest BCUT2D eigenvalue weighted by Crippen LogP contribution is -2.50. The number of aryl methyl sites for hydroxylation is 1. The molecular formula is C27H36ClN5O5. The van der Waals surface area contributed by atoms with E-state index in [0.717, 1.165) is 23.1 Å². The molecule has 1 aliphatic rings. The van der Waals surface area contributed by atoms with Gasteiger partial charge in [0.15, 0.2) is 5.96 Å². The fraction of sp³-hybridized carbons (Fsp3) is 0.407. The first-order valence-corrected chi connectivity index (χ1v) is 12.3. The number of methoxy groups -OCH3 is 1. The van der Waals surface area contributed by atoms with Crippen molar-refractivity contribution in [1.29, 1.82) is 0 Å². The van der Waals surface area contributed by atoms with Crippen LogP contribution in [0.2, 0.25) is 0 Å². The van der Waals surface area contributed by atoms with Crippen molar-refractivity contribution in [3.63, 3.8) is 0 Å². The van der Waals surface area contributed by atoms with Gasteiger partial charge in [-0.3, -0.25) is 14.4 Å². The molecular weight excluding hydrogens is 510 g/mol. The highest BCUT2D eigenvalue weighted by Crippen LogP contribution is 2.32. The molecule has 0 radical (unpaired) electrons. The van der Waals surface area contributed by atoms with Gasteiger partial charge in [0.05, 0.1) is 6.61 Å². The maximum atomic E-state index is 13.0. The molecule has 2 aromatic rings. The largest absolute Gasteiger partial charge is 0.493 e. The number of hydrogen-bond donors (Lipinski definition) is 2. The second-order valence-corrected chi connectivity index (χ2v) is 8.83. The van der Waals surface area contributed by atoms with Gasteiger partial charge in [-0.05, 0) is 35.7 Å². The first kappa shape index (κ1) is 30.6. The van der Waals surface area contributed by atoms with Crippen LogP contribution in [-0.2, 0) is 20.7 Å². The van der Waals surface area contributed by atoms with Gasteiger partial charge in [-0.15, -0.1) is 12.4 Å². The SMILES string of the molecule is COCCCOc1cc(CCC(=O)N=C(N)N)ccc1-c1ccc(C(=O)N2CCN(C(C)=O)CC2)cc1.Cl. The third kappa shape index (κ3) is 8.74. The highest BCUT2D eigenvalue weighted by Gasteiger charge is 2.23. The Kier molecular flexibility index (Phi) is 12.0. The third-order valence-electron chi connectivity index (χ3n) is 6.13.